The third kappa shape index (κ3) is 8.65. The molecule has 144 valence electrons. The summed E-state index contributed by atoms with van der Waals surface area (Å²) in [4.78, 5) is 22.6. The molecule has 2 aromatic carbocycles. The number of ether oxygens (including phenoxy) is 3. The number of rotatable bonds is 7. The first-order chi connectivity index (χ1) is 12.9. The zero-order valence-corrected chi connectivity index (χ0v) is 14.7. The third-order valence-corrected chi connectivity index (χ3v) is 3.43. The van der Waals surface area contributed by atoms with Gasteiger partial charge < -0.3 is 24.4 Å². The van der Waals surface area contributed by atoms with E-state index in [1.165, 1.54) is 44.6 Å². The molecule has 0 radical (unpaired) electrons. The van der Waals surface area contributed by atoms with Crippen molar-refractivity contribution in [1.29, 1.82) is 0 Å². The summed E-state index contributed by atoms with van der Waals surface area (Å²) < 4.78 is 15.4. The predicted octanol–water partition coefficient (Wildman–Crippen LogP) is 1.83. The Morgan fingerprint density at radius 2 is 1.38 bits per heavy atom. The molecule has 0 aliphatic rings. The Morgan fingerprint density at radius 1 is 0.828 bits per heavy atom. The molecule has 0 amide bonds. The van der Waals surface area contributed by atoms with E-state index < -0.39 is 11.9 Å². The number of carbonyl (C=O) groups is 2. The summed E-state index contributed by atoms with van der Waals surface area (Å²) in [5, 5.41) is 18.2. The van der Waals surface area contributed by atoms with Crippen molar-refractivity contribution in [2.45, 2.75) is 0 Å². The number of phenols is 1. The van der Waals surface area contributed by atoms with Gasteiger partial charge in [-0.1, -0.05) is 12.1 Å². The maximum absolute atomic E-state index is 12.0. The fraction of sp³-hybridized carbons (Fsp3) is 0.100. The van der Waals surface area contributed by atoms with Gasteiger partial charge in [0.15, 0.2) is 23.0 Å². The molecule has 7 nitrogen and oxygen atoms in total. The van der Waals surface area contributed by atoms with Crippen LogP contribution in [0, 0.1) is 0 Å². The van der Waals surface area contributed by atoms with Gasteiger partial charge >= 0.3 is 71.1 Å². The van der Waals surface area contributed by atoms with Gasteiger partial charge in [0.05, 0.1) is 14.2 Å². The van der Waals surface area contributed by atoms with Crippen molar-refractivity contribution in [2.75, 3.05) is 14.2 Å². The van der Waals surface area contributed by atoms with Gasteiger partial charge in [-0.05, 0) is 47.5 Å². The molecule has 2 N–H and O–H groups in total. The molecule has 2 rings (SSSR count). The van der Waals surface area contributed by atoms with Crippen LogP contribution < -0.4 is 14.2 Å². The first-order valence-electron chi connectivity index (χ1n) is 7.79. The third-order valence-electron chi connectivity index (χ3n) is 3.43. The van der Waals surface area contributed by atoms with Crippen molar-refractivity contribution in [3.63, 3.8) is 0 Å². The van der Waals surface area contributed by atoms with Crippen molar-refractivity contribution < 1.29 is 34.0 Å². The van der Waals surface area contributed by atoms with Crippen molar-refractivity contribution in [3.8, 4) is 23.0 Å². The molecule has 0 fully saturated rings. The number of phenolic OH excluding ortho intramolecular Hbond substituents is 1. The fourth-order valence-electron chi connectivity index (χ4n) is 2.14. The molecule has 0 unspecified atom stereocenters. The number of aromatic hydroxyl groups is 1. The maximum atomic E-state index is 12.0. The van der Waals surface area contributed by atoms with E-state index in [0.29, 0.717) is 11.1 Å². The zero-order valence-electron chi connectivity index (χ0n) is 14.7. The van der Waals surface area contributed by atoms with Crippen LogP contribution in [0.25, 0.3) is 12.2 Å². The number of esters is 1. The Hall–Kier alpha value is -1.74. The SMILES string of the molecule is COc1cc(C=CC(=O)Oc2ccc(C=CC(=O)O)cc2OC)ccc1O.[NaH].[NaH]. The number of carboxylic acid groups (broad SMARTS) is 1. The molecule has 2 aromatic rings. The van der Waals surface area contributed by atoms with Gasteiger partial charge in [-0.15, -0.1) is 0 Å². The Morgan fingerprint density at radius 3 is 1.97 bits per heavy atom. The Balaban J connectivity index is 0.00000392. The molecule has 0 bridgehead atoms. The van der Waals surface area contributed by atoms with Gasteiger partial charge in [-0.2, -0.15) is 0 Å². The van der Waals surface area contributed by atoms with Crippen molar-refractivity contribution in [2.24, 2.45) is 0 Å². The molecule has 0 aromatic heterocycles. The van der Waals surface area contributed by atoms with E-state index in [9.17, 15) is 14.7 Å². The van der Waals surface area contributed by atoms with Gasteiger partial charge in [-0.3, -0.25) is 0 Å². The summed E-state index contributed by atoms with van der Waals surface area (Å²) >= 11 is 0. The van der Waals surface area contributed by atoms with Crippen LogP contribution in [0.4, 0.5) is 0 Å². The Kier molecular flexibility index (Phi) is 12.7. The number of carbonyl (C=O) groups excluding carboxylic acids is 1. The minimum absolute atomic E-state index is 0. The number of aliphatic carboxylic acids is 1. The van der Waals surface area contributed by atoms with Crippen LogP contribution in [0.1, 0.15) is 11.1 Å². The van der Waals surface area contributed by atoms with Crippen LogP contribution in [-0.4, -0.2) is 95.5 Å². The Bertz CT molecular complexity index is 908. The normalized spacial score (nSPS) is 10.1. The van der Waals surface area contributed by atoms with E-state index in [4.69, 9.17) is 19.3 Å². The number of methoxy groups -OCH3 is 2. The van der Waals surface area contributed by atoms with Crippen LogP contribution in [0.2, 0.25) is 0 Å². The summed E-state index contributed by atoms with van der Waals surface area (Å²) in [6.07, 6.45) is 5.13. The number of carboxylic acids is 1. The van der Waals surface area contributed by atoms with Crippen LogP contribution in [0.3, 0.4) is 0 Å². The van der Waals surface area contributed by atoms with Gasteiger partial charge in [0.1, 0.15) is 0 Å². The molecule has 0 aliphatic heterocycles. The van der Waals surface area contributed by atoms with Crippen molar-refractivity contribution >= 4 is 83.2 Å². The van der Waals surface area contributed by atoms with Gasteiger partial charge in [0, 0.05) is 12.2 Å². The van der Waals surface area contributed by atoms with Gasteiger partial charge in [0.25, 0.3) is 0 Å². The van der Waals surface area contributed by atoms with Crippen LogP contribution in [0.15, 0.2) is 48.6 Å². The average Bonchev–Trinajstić information content (AvgIpc) is 2.66. The quantitative estimate of drug-likeness (QED) is 0.306. The molecule has 29 heavy (non-hydrogen) atoms. The molecule has 0 aliphatic carbocycles. The molecule has 9 heteroatoms. The summed E-state index contributed by atoms with van der Waals surface area (Å²) in [7, 11) is 2.84. The fourth-order valence-corrected chi connectivity index (χ4v) is 2.14. The van der Waals surface area contributed by atoms with Crippen LogP contribution in [-0.2, 0) is 9.59 Å². The topological polar surface area (TPSA) is 102 Å². The Labute approximate surface area is 212 Å². The molecule has 0 heterocycles. The van der Waals surface area contributed by atoms with Crippen molar-refractivity contribution in [3.05, 3.63) is 59.7 Å². The predicted molar refractivity (Wildman–Crippen MR) is 113 cm³/mol. The van der Waals surface area contributed by atoms with Crippen LogP contribution in [0.5, 0.6) is 23.0 Å². The van der Waals surface area contributed by atoms with Crippen molar-refractivity contribution in [1.82, 2.24) is 0 Å². The molecule has 0 saturated carbocycles. The first kappa shape index (κ1) is 27.3. The molecular formula is C20H20Na2O7. The molecular weight excluding hydrogens is 398 g/mol. The summed E-state index contributed by atoms with van der Waals surface area (Å²) in [6, 6.07) is 9.30. The van der Waals surface area contributed by atoms with Gasteiger partial charge in [0.2, 0.25) is 0 Å². The summed E-state index contributed by atoms with van der Waals surface area (Å²) in [5.41, 5.74) is 1.23. The van der Waals surface area contributed by atoms with E-state index in [1.54, 1.807) is 24.3 Å². The first-order valence-corrected chi connectivity index (χ1v) is 7.79. The molecule has 0 spiro atoms. The number of benzene rings is 2. The van der Waals surface area contributed by atoms with E-state index in [2.05, 4.69) is 0 Å². The number of hydrogen-bond donors (Lipinski definition) is 2. The standard InChI is InChI=1S/C20H18O7.2Na.2H/c1-25-17-11-13(3-7-15(17)21)6-10-20(24)27-16-8-4-14(5-9-19(22)23)12-18(16)26-2;;;;/h3-12,21H,1-2H3,(H,22,23);;;;. The van der Waals surface area contributed by atoms with E-state index in [1.807, 2.05) is 0 Å². The van der Waals surface area contributed by atoms with E-state index in [-0.39, 0.29) is 82.1 Å². The van der Waals surface area contributed by atoms with Gasteiger partial charge in [-0.25, -0.2) is 9.59 Å². The second-order valence-corrected chi connectivity index (χ2v) is 5.27. The van der Waals surface area contributed by atoms with E-state index >= 15 is 0 Å². The average molecular weight is 418 g/mol. The number of hydrogen-bond acceptors (Lipinski definition) is 6. The summed E-state index contributed by atoms with van der Waals surface area (Å²) in [5.74, 6) is -0.927. The zero-order chi connectivity index (χ0) is 19.8. The minimum atomic E-state index is -1.07. The second kappa shape index (κ2) is 13.5. The monoisotopic (exact) mass is 418 g/mol. The van der Waals surface area contributed by atoms with E-state index in [0.717, 1.165) is 6.08 Å². The molecule has 0 saturated heterocycles. The molecule has 0 atom stereocenters. The summed E-state index contributed by atoms with van der Waals surface area (Å²) in [6.45, 7) is 0. The second-order valence-electron chi connectivity index (χ2n) is 5.27. The van der Waals surface area contributed by atoms with Crippen LogP contribution >= 0.6 is 0 Å².